The van der Waals surface area contributed by atoms with Crippen LogP contribution in [0, 0.1) is 6.92 Å². The zero-order valence-corrected chi connectivity index (χ0v) is 16.8. The van der Waals surface area contributed by atoms with Crippen LogP contribution in [0.25, 0.3) is 5.69 Å². The lowest BCUT2D eigenvalue weighted by atomic mass is 10.1. The van der Waals surface area contributed by atoms with Crippen LogP contribution >= 0.6 is 11.8 Å². The molecule has 0 atom stereocenters. The second-order valence-electron chi connectivity index (χ2n) is 6.13. The number of para-hydroxylation sites is 2. The SMILES string of the molecule is C=CCc1cccc(/C=N/NC(=O)CSc2nnc(C)n2-c2ccccc2)c1O. The van der Waals surface area contributed by atoms with Crippen molar-refractivity contribution in [2.45, 2.75) is 18.5 Å². The first kappa shape index (κ1) is 20.3. The molecular formula is C21H21N5O2S. The van der Waals surface area contributed by atoms with E-state index >= 15 is 0 Å². The number of aromatic nitrogens is 3. The number of phenolic OH excluding ortho intramolecular Hbond substituents is 1. The number of carbonyl (C=O) groups excluding carboxylic acids is 1. The Morgan fingerprint density at radius 2 is 2.03 bits per heavy atom. The summed E-state index contributed by atoms with van der Waals surface area (Å²) in [5.41, 5.74) is 4.68. The fraction of sp³-hybridized carbons (Fsp3) is 0.143. The van der Waals surface area contributed by atoms with Crippen molar-refractivity contribution in [2.24, 2.45) is 5.10 Å². The van der Waals surface area contributed by atoms with Gasteiger partial charge in [-0.2, -0.15) is 5.10 Å². The molecule has 1 heterocycles. The van der Waals surface area contributed by atoms with Crippen LogP contribution in [0.4, 0.5) is 0 Å². The summed E-state index contributed by atoms with van der Waals surface area (Å²) >= 11 is 1.27. The average Bonchev–Trinajstić information content (AvgIpc) is 3.10. The van der Waals surface area contributed by atoms with E-state index in [9.17, 15) is 9.90 Å². The number of hydrogen-bond donors (Lipinski definition) is 2. The molecule has 7 nitrogen and oxygen atoms in total. The third-order valence-corrected chi connectivity index (χ3v) is 4.98. The maximum atomic E-state index is 12.1. The maximum Gasteiger partial charge on any atom is 0.250 e. The van der Waals surface area contributed by atoms with Crippen LogP contribution in [-0.4, -0.2) is 37.7 Å². The standard InChI is InChI=1S/C21H21N5O2S/c1-3-8-16-9-7-10-17(20(16)28)13-22-24-19(27)14-29-21-25-23-15(2)26(21)18-11-5-4-6-12-18/h3-7,9-13,28H,1,8,14H2,2H3,(H,24,27)/b22-13+. The number of amides is 1. The number of carbonyl (C=O) groups is 1. The fourth-order valence-corrected chi connectivity index (χ4v) is 3.47. The molecule has 3 rings (SSSR count). The van der Waals surface area contributed by atoms with Crippen molar-refractivity contribution < 1.29 is 9.90 Å². The molecule has 3 aromatic rings. The highest BCUT2D eigenvalue weighted by Crippen LogP contribution is 2.22. The van der Waals surface area contributed by atoms with Crippen LogP contribution in [0.2, 0.25) is 0 Å². The molecule has 2 N–H and O–H groups in total. The van der Waals surface area contributed by atoms with Crippen molar-refractivity contribution in [3.8, 4) is 11.4 Å². The Balaban J connectivity index is 1.60. The minimum absolute atomic E-state index is 0.130. The number of allylic oxidation sites excluding steroid dienone is 1. The van der Waals surface area contributed by atoms with Crippen molar-refractivity contribution in [3.63, 3.8) is 0 Å². The molecule has 0 unspecified atom stereocenters. The van der Waals surface area contributed by atoms with Gasteiger partial charge in [0.05, 0.1) is 12.0 Å². The van der Waals surface area contributed by atoms with Gasteiger partial charge in [0.2, 0.25) is 0 Å². The van der Waals surface area contributed by atoms with Crippen LogP contribution in [0.3, 0.4) is 0 Å². The molecule has 148 valence electrons. The van der Waals surface area contributed by atoms with Crippen LogP contribution in [0.1, 0.15) is 17.0 Å². The largest absolute Gasteiger partial charge is 0.507 e. The van der Waals surface area contributed by atoms with Crippen LogP contribution in [0.15, 0.2) is 71.4 Å². The molecule has 0 fully saturated rings. The predicted molar refractivity (Wildman–Crippen MR) is 115 cm³/mol. The number of hydrazone groups is 1. The number of thioether (sulfide) groups is 1. The molecule has 8 heteroatoms. The van der Waals surface area contributed by atoms with E-state index in [4.69, 9.17) is 0 Å². The average molecular weight is 407 g/mol. The van der Waals surface area contributed by atoms with Gasteiger partial charge in [-0.05, 0) is 37.1 Å². The highest BCUT2D eigenvalue weighted by Gasteiger charge is 2.13. The number of benzene rings is 2. The Labute approximate surface area is 173 Å². The van der Waals surface area contributed by atoms with Gasteiger partial charge in [-0.1, -0.05) is 48.2 Å². The molecule has 0 saturated carbocycles. The molecule has 1 aromatic heterocycles. The summed E-state index contributed by atoms with van der Waals surface area (Å²) < 4.78 is 1.89. The Hall–Kier alpha value is -3.39. The Morgan fingerprint density at radius 1 is 1.24 bits per heavy atom. The molecule has 2 aromatic carbocycles. The molecule has 0 aliphatic carbocycles. The lowest BCUT2D eigenvalue weighted by molar-refractivity contribution is -0.118. The van der Waals surface area contributed by atoms with E-state index in [1.165, 1.54) is 18.0 Å². The normalized spacial score (nSPS) is 10.9. The number of rotatable bonds is 8. The van der Waals surface area contributed by atoms with E-state index in [0.717, 1.165) is 17.1 Å². The summed E-state index contributed by atoms with van der Waals surface area (Å²) in [6.07, 6.45) is 3.68. The molecule has 0 saturated heterocycles. The van der Waals surface area contributed by atoms with Gasteiger partial charge in [0, 0.05) is 11.3 Å². The minimum atomic E-state index is -0.284. The van der Waals surface area contributed by atoms with Gasteiger partial charge in [0.15, 0.2) is 5.16 Å². The summed E-state index contributed by atoms with van der Waals surface area (Å²) in [6, 6.07) is 15.1. The zero-order chi connectivity index (χ0) is 20.6. The van der Waals surface area contributed by atoms with Gasteiger partial charge in [0.1, 0.15) is 11.6 Å². The second kappa shape index (κ2) is 9.70. The third-order valence-electron chi connectivity index (χ3n) is 4.05. The van der Waals surface area contributed by atoms with Gasteiger partial charge in [0.25, 0.3) is 5.91 Å². The summed E-state index contributed by atoms with van der Waals surface area (Å²) in [6.45, 7) is 5.53. The number of aryl methyl sites for hydroxylation is 1. The van der Waals surface area contributed by atoms with E-state index in [1.54, 1.807) is 12.1 Å². The molecule has 0 aliphatic heterocycles. The highest BCUT2D eigenvalue weighted by atomic mass is 32.2. The van der Waals surface area contributed by atoms with Crippen molar-refractivity contribution in [3.05, 3.63) is 78.1 Å². The summed E-state index contributed by atoms with van der Waals surface area (Å²) in [4.78, 5) is 12.1. The summed E-state index contributed by atoms with van der Waals surface area (Å²) in [5.74, 6) is 0.719. The molecule has 1 amide bonds. The summed E-state index contributed by atoms with van der Waals surface area (Å²) in [5, 5.41) is 23.0. The minimum Gasteiger partial charge on any atom is -0.507 e. The quantitative estimate of drug-likeness (QED) is 0.259. The van der Waals surface area contributed by atoms with Gasteiger partial charge >= 0.3 is 0 Å². The first-order valence-corrected chi connectivity index (χ1v) is 9.92. The Kier molecular flexibility index (Phi) is 6.80. The molecule has 29 heavy (non-hydrogen) atoms. The number of nitrogens with one attached hydrogen (secondary N) is 1. The lowest BCUT2D eigenvalue weighted by Gasteiger charge is -2.07. The monoisotopic (exact) mass is 407 g/mol. The zero-order valence-electron chi connectivity index (χ0n) is 15.9. The number of aromatic hydroxyl groups is 1. The third kappa shape index (κ3) is 5.11. The van der Waals surface area contributed by atoms with Crippen molar-refractivity contribution in [2.75, 3.05) is 5.75 Å². The number of nitrogens with zero attached hydrogens (tertiary/aromatic N) is 4. The van der Waals surface area contributed by atoms with E-state index in [1.807, 2.05) is 54.0 Å². The number of hydrogen-bond acceptors (Lipinski definition) is 6. The first-order valence-electron chi connectivity index (χ1n) is 8.94. The van der Waals surface area contributed by atoms with Crippen LogP contribution in [-0.2, 0) is 11.2 Å². The molecular weight excluding hydrogens is 386 g/mol. The maximum absolute atomic E-state index is 12.1. The van der Waals surface area contributed by atoms with Gasteiger partial charge in [-0.3, -0.25) is 9.36 Å². The van der Waals surface area contributed by atoms with Crippen molar-refractivity contribution in [1.29, 1.82) is 0 Å². The van der Waals surface area contributed by atoms with Crippen molar-refractivity contribution in [1.82, 2.24) is 20.2 Å². The van der Waals surface area contributed by atoms with Crippen molar-refractivity contribution >= 4 is 23.9 Å². The van der Waals surface area contributed by atoms with Gasteiger partial charge in [-0.25, -0.2) is 5.43 Å². The van der Waals surface area contributed by atoms with Crippen LogP contribution in [0.5, 0.6) is 5.75 Å². The Morgan fingerprint density at radius 3 is 2.79 bits per heavy atom. The van der Waals surface area contributed by atoms with E-state index < -0.39 is 0 Å². The first-order chi connectivity index (χ1) is 14.1. The number of phenols is 1. The topological polar surface area (TPSA) is 92.4 Å². The van der Waals surface area contributed by atoms with E-state index in [0.29, 0.717) is 17.1 Å². The Bertz CT molecular complexity index is 1030. The fourth-order valence-electron chi connectivity index (χ4n) is 2.68. The molecule has 0 radical (unpaired) electrons. The predicted octanol–water partition coefficient (Wildman–Crippen LogP) is 3.25. The van der Waals surface area contributed by atoms with E-state index in [2.05, 4.69) is 27.3 Å². The van der Waals surface area contributed by atoms with Gasteiger partial charge in [-0.15, -0.1) is 16.8 Å². The van der Waals surface area contributed by atoms with E-state index in [-0.39, 0.29) is 17.4 Å². The second-order valence-corrected chi connectivity index (χ2v) is 7.07. The smallest absolute Gasteiger partial charge is 0.250 e. The highest BCUT2D eigenvalue weighted by molar-refractivity contribution is 7.99. The molecule has 0 aliphatic rings. The molecule has 0 spiro atoms. The lowest BCUT2D eigenvalue weighted by Crippen LogP contribution is -2.20. The summed E-state index contributed by atoms with van der Waals surface area (Å²) in [7, 11) is 0. The molecule has 0 bridgehead atoms. The van der Waals surface area contributed by atoms with Crippen LogP contribution < -0.4 is 5.43 Å². The van der Waals surface area contributed by atoms with Gasteiger partial charge < -0.3 is 5.11 Å².